The Morgan fingerprint density at radius 2 is 2.05 bits per heavy atom. The number of aromatic nitrogens is 1. The monoisotopic (exact) mass is 338 g/mol. The van der Waals surface area contributed by atoms with E-state index in [0.717, 1.165) is 6.20 Å². The normalized spacial score (nSPS) is 10.1. The van der Waals surface area contributed by atoms with Gasteiger partial charge in [0.25, 0.3) is 5.91 Å². The molecule has 0 radical (unpaired) electrons. The van der Waals surface area contributed by atoms with Crippen LogP contribution in [-0.4, -0.2) is 22.0 Å². The van der Waals surface area contributed by atoms with Crippen molar-refractivity contribution in [2.75, 3.05) is 5.32 Å². The van der Waals surface area contributed by atoms with Gasteiger partial charge in [-0.2, -0.15) is 0 Å². The second-order valence-corrected chi connectivity index (χ2v) is 4.68. The summed E-state index contributed by atoms with van der Waals surface area (Å²) in [5.41, 5.74) is -0.0492. The Morgan fingerprint density at radius 3 is 2.75 bits per heavy atom. The number of nitrogens with one attached hydrogen (secondary N) is 1. The summed E-state index contributed by atoms with van der Waals surface area (Å²) in [5, 5.41) is 11.2. The van der Waals surface area contributed by atoms with Crippen molar-refractivity contribution in [1.82, 2.24) is 4.98 Å². The number of halogens is 2. The van der Waals surface area contributed by atoms with Crippen LogP contribution < -0.4 is 5.32 Å². The first-order valence-corrected chi connectivity index (χ1v) is 6.22. The van der Waals surface area contributed by atoms with E-state index in [-0.39, 0.29) is 21.3 Å². The Morgan fingerprint density at radius 1 is 1.30 bits per heavy atom. The first-order chi connectivity index (χ1) is 9.49. The Balaban J connectivity index is 2.26. The van der Waals surface area contributed by atoms with Crippen LogP contribution >= 0.6 is 15.9 Å². The van der Waals surface area contributed by atoms with Gasteiger partial charge in [0, 0.05) is 6.20 Å². The molecule has 0 aliphatic heterocycles. The number of rotatable bonds is 3. The van der Waals surface area contributed by atoms with E-state index in [1.165, 1.54) is 30.5 Å². The lowest BCUT2D eigenvalue weighted by atomic mass is 10.2. The van der Waals surface area contributed by atoms with Crippen LogP contribution in [0.3, 0.4) is 0 Å². The van der Waals surface area contributed by atoms with Crippen molar-refractivity contribution >= 4 is 33.5 Å². The topological polar surface area (TPSA) is 79.3 Å². The molecule has 2 N–H and O–H groups in total. The second kappa shape index (κ2) is 5.79. The fourth-order valence-electron chi connectivity index (χ4n) is 1.50. The molecule has 0 aliphatic carbocycles. The van der Waals surface area contributed by atoms with Gasteiger partial charge in [0.2, 0.25) is 0 Å². The van der Waals surface area contributed by atoms with Crippen LogP contribution in [0.15, 0.2) is 41.1 Å². The van der Waals surface area contributed by atoms with Gasteiger partial charge in [-0.1, -0.05) is 6.07 Å². The number of benzene rings is 1. The lowest BCUT2D eigenvalue weighted by Gasteiger charge is -2.07. The van der Waals surface area contributed by atoms with Gasteiger partial charge in [-0.25, -0.2) is 9.18 Å². The molecule has 0 saturated carbocycles. The molecule has 0 unspecified atom stereocenters. The van der Waals surface area contributed by atoms with Crippen molar-refractivity contribution in [1.29, 1.82) is 0 Å². The van der Waals surface area contributed by atoms with E-state index in [1.807, 2.05) is 0 Å². The van der Waals surface area contributed by atoms with Crippen LogP contribution in [0.5, 0.6) is 0 Å². The Kier molecular flexibility index (Phi) is 4.09. The van der Waals surface area contributed by atoms with Crippen LogP contribution in [0, 0.1) is 5.82 Å². The smallest absolute Gasteiger partial charge is 0.337 e. The predicted molar refractivity (Wildman–Crippen MR) is 73.2 cm³/mol. The summed E-state index contributed by atoms with van der Waals surface area (Å²) in [7, 11) is 0. The summed E-state index contributed by atoms with van der Waals surface area (Å²) >= 11 is 2.99. The summed E-state index contributed by atoms with van der Waals surface area (Å²) < 4.78 is 13.9. The van der Waals surface area contributed by atoms with Crippen LogP contribution in [0.1, 0.15) is 20.7 Å². The molecule has 7 heteroatoms. The van der Waals surface area contributed by atoms with Gasteiger partial charge in [-0.3, -0.25) is 9.78 Å². The zero-order valence-corrected chi connectivity index (χ0v) is 11.5. The maximum Gasteiger partial charge on any atom is 0.337 e. The number of nitrogens with zero attached hydrogens (tertiary/aromatic N) is 1. The molecule has 0 bridgehead atoms. The van der Waals surface area contributed by atoms with E-state index < -0.39 is 17.7 Å². The van der Waals surface area contributed by atoms with E-state index in [1.54, 1.807) is 0 Å². The van der Waals surface area contributed by atoms with Gasteiger partial charge < -0.3 is 10.4 Å². The molecule has 20 heavy (non-hydrogen) atoms. The molecule has 0 saturated heterocycles. The highest BCUT2D eigenvalue weighted by atomic mass is 79.9. The molecular formula is C13H8BrFN2O3. The summed E-state index contributed by atoms with van der Waals surface area (Å²) in [4.78, 5) is 26.4. The standard InChI is InChI=1S/C13H8BrFN2O3/c14-10-3-1-2-9(11(10)15)12(18)17-8-4-7(13(19)20)5-16-6-8/h1-6H,(H,17,18)(H,19,20). The molecule has 0 aliphatic rings. The van der Waals surface area contributed by atoms with E-state index in [0.29, 0.717) is 0 Å². The van der Waals surface area contributed by atoms with Crippen molar-refractivity contribution in [3.8, 4) is 0 Å². The largest absolute Gasteiger partial charge is 0.478 e. The number of carboxylic acid groups (broad SMARTS) is 1. The molecule has 1 aromatic carbocycles. The zero-order valence-electron chi connectivity index (χ0n) is 9.93. The van der Waals surface area contributed by atoms with E-state index in [2.05, 4.69) is 26.2 Å². The molecule has 1 heterocycles. The molecule has 0 spiro atoms. The molecular weight excluding hydrogens is 331 g/mol. The number of anilines is 1. The lowest BCUT2D eigenvalue weighted by molar-refractivity contribution is 0.0696. The maximum absolute atomic E-state index is 13.7. The van der Waals surface area contributed by atoms with Gasteiger partial charge in [0.05, 0.1) is 27.5 Å². The molecule has 1 amide bonds. The second-order valence-electron chi connectivity index (χ2n) is 3.82. The molecule has 0 atom stereocenters. The lowest BCUT2D eigenvalue weighted by Crippen LogP contribution is -2.14. The molecule has 2 aromatic rings. The molecule has 1 aromatic heterocycles. The van der Waals surface area contributed by atoms with E-state index in [4.69, 9.17) is 5.11 Å². The van der Waals surface area contributed by atoms with Crippen LogP contribution in [0.2, 0.25) is 0 Å². The zero-order chi connectivity index (χ0) is 14.7. The van der Waals surface area contributed by atoms with Crippen molar-refractivity contribution in [2.45, 2.75) is 0 Å². The quantitative estimate of drug-likeness (QED) is 0.901. The Labute approximate surface area is 121 Å². The highest BCUT2D eigenvalue weighted by Crippen LogP contribution is 2.19. The first kappa shape index (κ1) is 14.1. The Hall–Kier alpha value is -2.28. The minimum absolute atomic E-state index is 0.0717. The maximum atomic E-state index is 13.7. The summed E-state index contributed by atoms with van der Waals surface area (Å²) in [5.74, 6) is -2.54. The molecule has 102 valence electrons. The average molecular weight is 339 g/mol. The number of carbonyl (C=O) groups is 2. The number of aromatic carboxylic acids is 1. The van der Waals surface area contributed by atoms with Gasteiger partial charge in [0.1, 0.15) is 5.82 Å². The van der Waals surface area contributed by atoms with Crippen molar-refractivity contribution < 1.29 is 19.1 Å². The minimum atomic E-state index is -1.16. The van der Waals surface area contributed by atoms with Crippen LogP contribution in [0.4, 0.5) is 10.1 Å². The SMILES string of the molecule is O=C(O)c1cncc(NC(=O)c2cccc(Br)c2F)c1. The van der Waals surface area contributed by atoms with Crippen LogP contribution in [-0.2, 0) is 0 Å². The van der Waals surface area contributed by atoms with Crippen LogP contribution in [0.25, 0.3) is 0 Å². The third-order valence-electron chi connectivity index (χ3n) is 2.44. The molecule has 2 rings (SSSR count). The number of carboxylic acids is 1. The first-order valence-electron chi connectivity index (χ1n) is 5.42. The van der Waals surface area contributed by atoms with Crippen molar-refractivity contribution in [2.24, 2.45) is 0 Å². The van der Waals surface area contributed by atoms with E-state index in [9.17, 15) is 14.0 Å². The third-order valence-corrected chi connectivity index (χ3v) is 3.05. The highest BCUT2D eigenvalue weighted by molar-refractivity contribution is 9.10. The summed E-state index contributed by atoms with van der Waals surface area (Å²) in [6.45, 7) is 0. The number of amides is 1. The van der Waals surface area contributed by atoms with E-state index >= 15 is 0 Å². The minimum Gasteiger partial charge on any atom is -0.478 e. The number of hydrogen-bond acceptors (Lipinski definition) is 3. The fraction of sp³-hybridized carbons (Fsp3) is 0. The van der Waals surface area contributed by atoms with Crippen molar-refractivity contribution in [3.05, 3.63) is 58.1 Å². The van der Waals surface area contributed by atoms with Crippen molar-refractivity contribution in [3.63, 3.8) is 0 Å². The number of carbonyl (C=O) groups excluding carboxylic acids is 1. The van der Waals surface area contributed by atoms with Gasteiger partial charge in [-0.15, -0.1) is 0 Å². The highest BCUT2D eigenvalue weighted by Gasteiger charge is 2.14. The predicted octanol–water partition coefficient (Wildman–Crippen LogP) is 2.93. The number of hydrogen-bond donors (Lipinski definition) is 2. The van der Waals surface area contributed by atoms with Gasteiger partial charge >= 0.3 is 5.97 Å². The van der Waals surface area contributed by atoms with Gasteiger partial charge in [0.15, 0.2) is 0 Å². The number of pyridine rings is 1. The summed E-state index contributed by atoms with van der Waals surface area (Å²) in [6.07, 6.45) is 2.43. The Bertz CT molecular complexity index is 691. The summed E-state index contributed by atoms with van der Waals surface area (Å²) in [6, 6.07) is 5.56. The van der Waals surface area contributed by atoms with Gasteiger partial charge in [-0.05, 0) is 34.1 Å². The molecule has 5 nitrogen and oxygen atoms in total. The molecule has 0 fully saturated rings. The average Bonchev–Trinajstić information content (AvgIpc) is 2.42. The fourth-order valence-corrected chi connectivity index (χ4v) is 1.87. The third kappa shape index (κ3) is 3.00.